The number of amides is 1. The lowest BCUT2D eigenvalue weighted by atomic mass is 10.3. The Morgan fingerprint density at radius 2 is 2.28 bits per heavy atom. The Morgan fingerprint density at radius 1 is 1.56 bits per heavy atom. The van der Waals surface area contributed by atoms with Gasteiger partial charge in [-0.25, -0.2) is 5.84 Å². The molecule has 1 aromatic rings. The highest BCUT2D eigenvalue weighted by atomic mass is 35.5. The van der Waals surface area contributed by atoms with Crippen molar-refractivity contribution < 1.29 is 14.5 Å². The Labute approximate surface area is 108 Å². The van der Waals surface area contributed by atoms with E-state index in [9.17, 15) is 14.9 Å². The summed E-state index contributed by atoms with van der Waals surface area (Å²) >= 11 is 5.66. The van der Waals surface area contributed by atoms with Crippen LogP contribution in [0.25, 0.3) is 0 Å². The number of nitro benzene ring substituents is 1. The lowest BCUT2D eigenvalue weighted by Crippen LogP contribution is -2.29. The number of nitrogens with zero attached hydrogens (tertiary/aromatic N) is 1. The van der Waals surface area contributed by atoms with E-state index < -0.39 is 4.92 Å². The minimum atomic E-state index is -0.576. The maximum Gasteiger partial charge on any atom is 0.312 e. The van der Waals surface area contributed by atoms with E-state index in [2.05, 4.69) is 0 Å². The minimum absolute atomic E-state index is 0.123. The molecular formula is C10H12ClN3O4. The van der Waals surface area contributed by atoms with E-state index in [1.807, 2.05) is 5.43 Å². The molecule has 1 rings (SSSR count). The van der Waals surface area contributed by atoms with E-state index in [1.54, 1.807) is 0 Å². The summed E-state index contributed by atoms with van der Waals surface area (Å²) in [5.41, 5.74) is 1.78. The number of rotatable bonds is 6. The molecule has 3 N–H and O–H groups in total. The average Bonchev–Trinajstić information content (AvgIpc) is 2.35. The van der Waals surface area contributed by atoms with Crippen molar-refractivity contribution in [2.45, 2.75) is 12.8 Å². The number of hydrogen-bond donors (Lipinski definition) is 2. The van der Waals surface area contributed by atoms with Crippen molar-refractivity contribution in [2.24, 2.45) is 5.84 Å². The van der Waals surface area contributed by atoms with Crippen molar-refractivity contribution in [3.05, 3.63) is 33.3 Å². The third-order valence-electron chi connectivity index (χ3n) is 2.08. The van der Waals surface area contributed by atoms with Crippen molar-refractivity contribution >= 4 is 23.2 Å². The molecule has 18 heavy (non-hydrogen) atoms. The number of carbonyl (C=O) groups is 1. The number of halogens is 1. The number of benzene rings is 1. The van der Waals surface area contributed by atoms with E-state index in [0.717, 1.165) is 0 Å². The summed E-state index contributed by atoms with van der Waals surface area (Å²) in [4.78, 5) is 21.0. The van der Waals surface area contributed by atoms with Crippen molar-refractivity contribution in [3.8, 4) is 5.75 Å². The van der Waals surface area contributed by atoms with E-state index >= 15 is 0 Å². The second-order valence-corrected chi connectivity index (χ2v) is 3.83. The van der Waals surface area contributed by atoms with Crippen LogP contribution in [-0.2, 0) is 4.79 Å². The molecular weight excluding hydrogens is 262 g/mol. The first-order valence-electron chi connectivity index (χ1n) is 5.10. The van der Waals surface area contributed by atoms with Crippen LogP contribution in [0.2, 0.25) is 5.02 Å². The van der Waals surface area contributed by atoms with Gasteiger partial charge < -0.3 is 4.74 Å². The molecule has 0 bridgehead atoms. The lowest BCUT2D eigenvalue weighted by molar-refractivity contribution is -0.385. The summed E-state index contributed by atoms with van der Waals surface area (Å²) < 4.78 is 5.23. The number of carbonyl (C=O) groups excluding carboxylic acids is 1. The van der Waals surface area contributed by atoms with Gasteiger partial charge in [0.2, 0.25) is 5.91 Å². The van der Waals surface area contributed by atoms with Gasteiger partial charge in [0.15, 0.2) is 5.75 Å². The second-order valence-electron chi connectivity index (χ2n) is 3.39. The molecule has 0 saturated carbocycles. The van der Waals surface area contributed by atoms with E-state index in [1.165, 1.54) is 18.2 Å². The summed E-state index contributed by atoms with van der Waals surface area (Å²) in [6.07, 6.45) is 0.598. The van der Waals surface area contributed by atoms with Gasteiger partial charge in [-0.05, 0) is 18.6 Å². The fraction of sp³-hybridized carbons (Fsp3) is 0.300. The van der Waals surface area contributed by atoms with Gasteiger partial charge in [0.1, 0.15) is 0 Å². The second kappa shape index (κ2) is 6.77. The zero-order valence-corrected chi connectivity index (χ0v) is 10.1. The quantitative estimate of drug-likeness (QED) is 0.268. The molecule has 0 radical (unpaired) electrons. The standard InChI is InChI=1S/C10H12ClN3O4/c11-7-3-4-9(8(6-7)14(16)17)18-5-1-2-10(15)13-12/h3-4,6H,1-2,5,12H2,(H,13,15). The van der Waals surface area contributed by atoms with E-state index in [4.69, 9.17) is 22.2 Å². The maximum atomic E-state index is 10.8. The van der Waals surface area contributed by atoms with Gasteiger partial charge in [-0.2, -0.15) is 0 Å². The van der Waals surface area contributed by atoms with Crippen LogP contribution in [0.3, 0.4) is 0 Å². The Kier molecular flexibility index (Phi) is 5.34. The van der Waals surface area contributed by atoms with Gasteiger partial charge >= 0.3 is 5.69 Å². The fourth-order valence-electron chi connectivity index (χ4n) is 1.24. The smallest absolute Gasteiger partial charge is 0.312 e. The van der Waals surface area contributed by atoms with Crippen LogP contribution in [0.4, 0.5) is 5.69 Å². The lowest BCUT2D eigenvalue weighted by Gasteiger charge is -2.06. The van der Waals surface area contributed by atoms with Gasteiger partial charge in [0.05, 0.1) is 11.5 Å². The fourth-order valence-corrected chi connectivity index (χ4v) is 1.41. The van der Waals surface area contributed by atoms with Gasteiger partial charge in [-0.1, -0.05) is 11.6 Å². The van der Waals surface area contributed by atoms with Crippen LogP contribution in [0.5, 0.6) is 5.75 Å². The molecule has 0 saturated heterocycles. The SMILES string of the molecule is NNC(=O)CCCOc1ccc(Cl)cc1[N+](=O)[O-]. The largest absolute Gasteiger partial charge is 0.487 e. The zero-order chi connectivity index (χ0) is 13.5. The maximum absolute atomic E-state index is 10.8. The molecule has 0 atom stereocenters. The average molecular weight is 274 g/mol. The van der Waals surface area contributed by atoms with Crippen LogP contribution in [0.1, 0.15) is 12.8 Å². The predicted octanol–water partition coefficient (Wildman–Crippen LogP) is 1.40. The van der Waals surface area contributed by atoms with Crippen molar-refractivity contribution in [1.82, 2.24) is 5.43 Å². The molecule has 0 aromatic heterocycles. The number of nitro groups is 1. The normalized spacial score (nSPS) is 9.89. The van der Waals surface area contributed by atoms with Crippen LogP contribution < -0.4 is 16.0 Å². The van der Waals surface area contributed by atoms with Gasteiger partial charge in [0, 0.05) is 17.5 Å². The Morgan fingerprint density at radius 3 is 2.89 bits per heavy atom. The third kappa shape index (κ3) is 4.19. The molecule has 98 valence electrons. The van der Waals surface area contributed by atoms with Crippen LogP contribution in [0.15, 0.2) is 18.2 Å². The molecule has 0 aliphatic rings. The first-order valence-corrected chi connectivity index (χ1v) is 5.48. The first kappa shape index (κ1) is 14.2. The summed E-state index contributed by atoms with van der Waals surface area (Å²) in [5, 5.41) is 11.0. The van der Waals surface area contributed by atoms with Crippen LogP contribution in [-0.4, -0.2) is 17.4 Å². The molecule has 1 aromatic carbocycles. The third-order valence-corrected chi connectivity index (χ3v) is 2.32. The molecule has 1 amide bonds. The summed E-state index contributed by atoms with van der Waals surface area (Å²) in [6, 6.07) is 4.13. The number of hydrazine groups is 1. The van der Waals surface area contributed by atoms with Crippen molar-refractivity contribution in [2.75, 3.05) is 6.61 Å². The van der Waals surface area contributed by atoms with Crippen molar-refractivity contribution in [1.29, 1.82) is 0 Å². The summed E-state index contributed by atoms with van der Waals surface area (Å²) in [6.45, 7) is 0.176. The minimum Gasteiger partial charge on any atom is -0.487 e. The number of hydrogen-bond acceptors (Lipinski definition) is 5. The Bertz CT molecular complexity index is 453. The molecule has 0 aliphatic carbocycles. The molecule has 0 fully saturated rings. The monoisotopic (exact) mass is 273 g/mol. The highest BCUT2D eigenvalue weighted by Gasteiger charge is 2.15. The number of nitrogens with one attached hydrogen (secondary N) is 1. The van der Waals surface area contributed by atoms with Crippen molar-refractivity contribution in [3.63, 3.8) is 0 Å². The molecule has 0 unspecified atom stereocenters. The highest BCUT2D eigenvalue weighted by molar-refractivity contribution is 6.30. The van der Waals surface area contributed by atoms with Gasteiger partial charge in [0.25, 0.3) is 0 Å². The summed E-state index contributed by atoms with van der Waals surface area (Å²) in [5.74, 6) is 4.71. The number of ether oxygens (including phenoxy) is 1. The molecule has 7 nitrogen and oxygen atoms in total. The molecule has 0 spiro atoms. The number of nitrogens with two attached hydrogens (primary N) is 1. The van der Waals surface area contributed by atoms with Crippen LogP contribution in [0, 0.1) is 10.1 Å². The van der Waals surface area contributed by atoms with Gasteiger partial charge in [-0.3, -0.25) is 20.3 Å². The predicted molar refractivity (Wildman–Crippen MR) is 65.2 cm³/mol. The highest BCUT2D eigenvalue weighted by Crippen LogP contribution is 2.29. The van der Waals surface area contributed by atoms with E-state index in [0.29, 0.717) is 6.42 Å². The topological polar surface area (TPSA) is 107 Å². The molecule has 0 aliphatic heterocycles. The first-order chi connectivity index (χ1) is 8.54. The Hall–Kier alpha value is -1.86. The van der Waals surface area contributed by atoms with E-state index in [-0.39, 0.29) is 35.4 Å². The Balaban J connectivity index is 2.56. The zero-order valence-electron chi connectivity index (χ0n) is 9.39. The molecule has 0 heterocycles. The summed E-state index contributed by atoms with van der Waals surface area (Å²) in [7, 11) is 0. The molecule has 8 heteroatoms. The van der Waals surface area contributed by atoms with Gasteiger partial charge in [-0.15, -0.1) is 0 Å². The van der Waals surface area contributed by atoms with Crippen LogP contribution >= 0.6 is 11.6 Å².